The normalized spacial score (nSPS) is 10.7. The predicted octanol–water partition coefficient (Wildman–Crippen LogP) is 3.32. The number of para-hydroxylation sites is 1. The van der Waals surface area contributed by atoms with Gasteiger partial charge in [0, 0.05) is 6.42 Å². The number of carbonyl (C=O) groups is 1. The van der Waals surface area contributed by atoms with Crippen molar-refractivity contribution in [3.8, 4) is 5.69 Å². The van der Waals surface area contributed by atoms with E-state index in [2.05, 4.69) is 10.2 Å². The Balaban J connectivity index is 1.78. The summed E-state index contributed by atoms with van der Waals surface area (Å²) in [5, 5.41) is 8.79. The van der Waals surface area contributed by atoms with Gasteiger partial charge >= 0.3 is 0 Å². The molecule has 0 bridgehead atoms. The molecule has 0 saturated carbocycles. The van der Waals surface area contributed by atoms with E-state index in [-0.39, 0.29) is 17.3 Å². The maximum atomic E-state index is 12.3. The Hall–Kier alpha value is -2.66. The third-order valence-corrected chi connectivity index (χ3v) is 3.78. The number of benzene rings is 2. The first-order valence-electron chi connectivity index (χ1n) is 7.20. The van der Waals surface area contributed by atoms with Gasteiger partial charge in [0.15, 0.2) is 17.3 Å². The van der Waals surface area contributed by atoms with Crippen LogP contribution in [0, 0.1) is 0 Å². The second-order valence-electron chi connectivity index (χ2n) is 5.08. The lowest BCUT2D eigenvalue weighted by atomic mass is 10.1. The number of nitrogens with two attached hydrogens (primary N) is 1. The molecule has 0 atom stereocenters. The molecular formula is C17H15ClN4O. The molecule has 0 aliphatic rings. The van der Waals surface area contributed by atoms with Gasteiger partial charge in [-0.05, 0) is 24.1 Å². The first-order valence-corrected chi connectivity index (χ1v) is 7.58. The number of hydrogen-bond acceptors (Lipinski definition) is 4. The van der Waals surface area contributed by atoms with Crippen molar-refractivity contribution >= 4 is 23.2 Å². The maximum Gasteiger partial charge on any atom is 0.187 e. The zero-order valence-corrected chi connectivity index (χ0v) is 13.1. The summed E-state index contributed by atoms with van der Waals surface area (Å²) < 4.78 is 0. The molecule has 0 unspecified atom stereocenters. The number of halogens is 1. The molecule has 0 amide bonds. The van der Waals surface area contributed by atoms with Gasteiger partial charge in [0.2, 0.25) is 0 Å². The van der Waals surface area contributed by atoms with Crippen molar-refractivity contribution in [1.82, 2.24) is 15.0 Å². The van der Waals surface area contributed by atoms with Crippen LogP contribution in [0.5, 0.6) is 0 Å². The summed E-state index contributed by atoms with van der Waals surface area (Å²) in [5.74, 6) is -0.0207. The Labute approximate surface area is 138 Å². The first-order chi connectivity index (χ1) is 11.1. The molecule has 0 fully saturated rings. The predicted molar refractivity (Wildman–Crippen MR) is 89.9 cm³/mol. The number of anilines is 1. The number of rotatable bonds is 5. The van der Waals surface area contributed by atoms with E-state index in [1.54, 1.807) is 12.1 Å². The van der Waals surface area contributed by atoms with Gasteiger partial charge in [-0.3, -0.25) is 4.79 Å². The smallest absolute Gasteiger partial charge is 0.187 e. The number of carbonyl (C=O) groups excluding carboxylic acids is 1. The molecule has 0 aliphatic carbocycles. The molecule has 1 heterocycles. The summed E-state index contributed by atoms with van der Waals surface area (Å²) in [4.78, 5) is 13.6. The highest BCUT2D eigenvalue weighted by atomic mass is 35.5. The van der Waals surface area contributed by atoms with Gasteiger partial charge in [-0.25, -0.2) is 0 Å². The van der Waals surface area contributed by atoms with Gasteiger partial charge in [0.25, 0.3) is 0 Å². The molecule has 2 aromatic carbocycles. The molecule has 0 spiro atoms. The molecule has 0 radical (unpaired) electrons. The van der Waals surface area contributed by atoms with Crippen LogP contribution in [-0.2, 0) is 6.42 Å². The number of ketones is 1. The fraction of sp³-hybridized carbons (Fsp3) is 0.118. The molecule has 3 rings (SSSR count). The molecular weight excluding hydrogens is 312 g/mol. The van der Waals surface area contributed by atoms with Crippen molar-refractivity contribution in [2.45, 2.75) is 12.8 Å². The van der Waals surface area contributed by atoms with Crippen LogP contribution in [-0.4, -0.2) is 20.8 Å². The number of nitrogens with zero attached hydrogens (tertiary/aromatic N) is 3. The van der Waals surface area contributed by atoms with Crippen molar-refractivity contribution in [2.75, 3.05) is 5.73 Å². The summed E-state index contributed by atoms with van der Waals surface area (Å²) in [7, 11) is 0. The lowest BCUT2D eigenvalue weighted by molar-refractivity contribution is 0.0978. The molecule has 5 nitrogen and oxygen atoms in total. The van der Waals surface area contributed by atoms with Crippen molar-refractivity contribution in [3.63, 3.8) is 0 Å². The van der Waals surface area contributed by atoms with Crippen LogP contribution in [0.2, 0.25) is 5.02 Å². The van der Waals surface area contributed by atoms with Crippen LogP contribution in [0.3, 0.4) is 0 Å². The van der Waals surface area contributed by atoms with Gasteiger partial charge in [-0.2, -0.15) is 0 Å². The van der Waals surface area contributed by atoms with Crippen LogP contribution in [0.4, 0.5) is 5.82 Å². The van der Waals surface area contributed by atoms with Gasteiger partial charge < -0.3 is 5.73 Å². The molecule has 2 N–H and O–H groups in total. The highest BCUT2D eigenvalue weighted by Crippen LogP contribution is 2.20. The minimum Gasteiger partial charge on any atom is -0.380 e. The Morgan fingerprint density at radius 1 is 1.04 bits per heavy atom. The third-order valence-electron chi connectivity index (χ3n) is 3.46. The average molecular weight is 327 g/mol. The summed E-state index contributed by atoms with van der Waals surface area (Å²) in [5.41, 5.74) is 7.70. The van der Waals surface area contributed by atoms with Crippen LogP contribution in [0.25, 0.3) is 5.69 Å². The molecule has 1 aromatic heterocycles. The lowest BCUT2D eigenvalue weighted by Gasteiger charge is -2.01. The number of Topliss-reactive ketones (excluding diaryl/α,β-unsaturated/α-hetero) is 1. The summed E-state index contributed by atoms with van der Waals surface area (Å²) >= 11 is 6.11. The minimum absolute atomic E-state index is 0.114. The lowest BCUT2D eigenvalue weighted by Crippen LogP contribution is -2.06. The Kier molecular flexibility index (Phi) is 4.39. The fourth-order valence-electron chi connectivity index (χ4n) is 2.26. The van der Waals surface area contributed by atoms with Crippen LogP contribution >= 0.6 is 11.6 Å². The fourth-order valence-corrected chi connectivity index (χ4v) is 2.47. The maximum absolute atomic E-state index is 12.3. The van der Waals surface area contributed by atoms with E-state index in [0.717, 1.165) is 5.56 Å². The van der Waals surface area contributed by atoms with Crippen LogP contribution < -0.4 is 5.73 Å². The van der Waals surface area contributed by atoms with Gasteiger partial charge in [-0.1, -0.05) is 54.1 Å². The summed E-state index contributed by atoms with van der Waals surface area (Å²) in [6.45, 7) is 0. The topological polar surface area (TPSA) is 73.8 Å². The molecule has 3 aromatic rings. The molecule has 6 heteroatoms. The average Bonchev–Trinajstić information content (AvgIpc) is 2.96. The van der Waals surface area contributed by atoms with E-state index >= 15 is 0 Å². The molecule has 116 valence electrons. The largest absolute Gasteiger partial charge is 0.380 e. The summed E-state index contributed by atoms with van der Waals surface area (Å²) in [6, 6.07) is 16.9. The van der Waals surface area contributed by atoms with Crippen molar-refractivity contribution in [1.29, 1.82) is 0 Å². The van der Waals surface area contributed by atoms with Gasteiger partial charge in [-0.15, -0.1) is 15.0 Å². The van der Waals surface area contributed by atoms with E-state index in [4.69, 9.17) is 17.3 Å². The van der Waals surface area contributed by atoms with E-state index in [1.807, 2.05) is 42.5 Å². The number of hydrogen-bond donors (Lipinski definition) is 1. The van der Waals surface area contributed by atoms with Crippen molar-refractivity contribution in [3.05, 3.63) is 70.9 Å². The Morgan fingerprint density at radius 3 is 2.48 bits per heavy atom. The first kappa shape index (κ1) is 15.2. The molecule has 0 aliphatic heterocycles. The van der Waals surface area contributed by atoms with E-state index < -0.39 is 0 Å². The SMILES string of the molecule is Nc1nn(-c2ccccc2Cl)nc1C(=O)CCc1ccccc1. The minimum atomic E-state index is -0.135. The van der Waals surface area contributed by atoms with Gasteiger partial charge in [0.05, 0.1) is 5.02 Å². The zero-order valence-electron chi connectivity index (χ0n) is 12.3. The Morgan fingerprint density at radius 2 is 1.74 bits per heavy atom. The second kappa shape index (κ2) is 6.62. The number of aromatic nitrogens is 3. The highest BCUT2D eigenvalue weighted by molar-refractivity contribution is 6.32. The van der Waals surface area contributed by atoms with E-state index in [0.29, 0.717) is 23.6 Å². The van der Waals surface area contributed by atoms with Crippen LogP contribution in [0.15, 0.2) is 54.6 Å². The van der Waals surface area contributed by atoms with Crippen LogP contribution in [0.1, 0.15) is 22.5 Å². The van der Waals surface area contributed by atoms with Gasteiger partial charge in [0.1, 0.15) is 5.69 Å². The monoisotopic (exact) mass is 326 g/mol. The van der Waals surface area contributed by atoms with Crippen molar-refractivity contribution in [2.24, 2.45) is 0 Å². The molecule has 0 saturated heterocycles. The summed E-state index contributed by atoms with van der Waals surface area (Å²) in [6.07, 6.45) is 0.966. The quantitative estimate of drug-likeness (QED) is 0.730. The third kappa shape index (κ3) is 3.40. The number of nitrogen functional groups attached to an aromatic ring is 1. The number of aryl methyl sites for hydroxylation is 1. The van der Waals surface area contributed by atoms with E-state index in [9.17, 15) is 4.79 Å². The van der Waals surface area contributed by atoms with E-state index in [1.165, 1.54) is 4.80 Å². The Bertz CT molecular complexity index is 830. The standard InChI is InChI=1S/C17H15ClN4O/c18-13-8-4-5-9-14(13)22-20-16(17(19)21-22)15(23)11-10-12-6-2-1-3-7-12/h1-9H,10-11H2,(H2,19,21). The van der Waals surface area contributed by atoms with Crippen molar-refractivity contribution < 1.29 is 4.79 Å². The molecule has 23 heavy (non-hydrogen) atoms. The highest BCUT2D eigenvalue weighted by Gasteiger charge is 2.17. The second-order valence-corrected chi connectivity index (χ2v) is 5.49. The zero-order chi connectivity index (χ0) is 16.2.